The van der Waals surface area contributed by atoms with Gasteiger partial charge >= 0.3 is 0 Å². The highest BCUT2D eigenvalue weighted by Gasteiger charge is 2.08. The first kappa shape index (κ1) is 21.1. The second-order valence-electron chi connectivity index (χ2n) is 7.13. The van der Waals surface area contributed by atoms with Gasteiger partial charge in [0, 0.05) is 26.7 Å². The van der Waals surface area contributed by atoms with Crippen LogP contribution in [0.5, 0.6) is 5.75 Å². The molecule has 0 bridgehead atoms. The first-order valence-electron chi connectivity index (χ1n) is 9.87. The number of thiophene rings is 1. The van der Waals surface area contributed by atoms with Gasteiger partial charge in [0.25, 0.3) is 0 Å². The van der Waals surface area contributed by atoms with Crippen LogP contribution >= 0.6 is 27.3 Å². The van der Waals surface area contributed by atoms with Crippen molar-refractivity contribution in [2.45, 2.75) is 25.7 Å². The molecule has 0 N–H and O–H groups in total. The summed E-state index contributed by atoms with van der Waals surface area (Å²) in [7, 11) is 2.15. The van der Waals surface area contributed by atoms with Gasteiger partial charge in [-0.3, -0.25) is 0 Å². The number of unbranched alkanes of at least 4 members (excludes halogenated alkanes) is 3. The summed E-state index contributed by atoms with van der Waals surface area (Å²) < 4.78 is 8.37. The number of fused-ring (bicyclic) bond motifs is 1. The van der Waals surface area contributed by atoms with Crippen molar-refractivity contribution < 1.29 is 4.74 Å². The molecule has 1 aromatic heterocycles. The van der Waals surface area contributed by atoms with Crippen molar-refractivity contribution >= 4 is 37.4 Å². The van der Waals surface area contributed by atoms with Crippen LogP contribution in [-0.2, 0) is 0 Å². The number of benzene rings is 2. The van der Waals surface area contributed by atoms with E-state index in [2.05, 4.69) is 82.3 Å². The lowest BCUT2D eigenvalue weighted by atomic mass is 10.1. The number of hydrogen-bond acceptors (Lipinski definition) is 3. The van der Waals surface area contributed by atoms with Crippen molar-refractivity contribution in [2.75, 3.05) is 26.7 Å². The van der Waals surface area contributed by atoms with Gasteiger partial charge in [0.1, 0.15) is 5.75 Å². The first-order valence-corrected chi connectivity index (χ1v) is 11.5. The molecule has 2 nitrogen and oxygen atoms in total. The molecule has 3 rings (SSSR count). The Morgan fingerprint density at radius 2 is 1.86 bits per heavy atom. The van der Waals surface area contributed by atoms with Crippen LogP contribution in [0.15, 0.2) is 65.0 Å². The van der Waals surface area contributed by atoms with Gasteiger partial charge in [-0.05, 0) is 67.7 Å². The topological polar surface area (TPSA) is 12.5 Å². The Labute approximate surface area is 181 Å². The summed E-state index contributed by atoms with van der Waals surface area (Å²) >= 11 is 5.29. The van der Waals surface area contributed by atoms with Crippen molar-refractivity contribution in [3.8, 4) is 16.9 Å². The van der Waals surface area contributed by atoms with Crippen molar-refractivity contribution in [3.05, 3.63) is 65.0 Å². The maximum absolute atomic E-state index is 5.99. The maximum Gasteiger partial charge on any atom is 0.120 e. The number of ether oxygens (including phenoxy) is 1. The van der Waals surface area contributed by atoms with Crippen LogP contribution in [0.4, 0.5) is 0 Å². The zero-order valence-electron chi connectivity index (χ0n) is 16.5. The van der Waals surface area contributed by atoms with E-state index in [1.165, 1.54) is 40.5 Å². The van der Waals surface area contributed by atoms with E-state index < -0.39 is 0 Å². The van der Waals surface area contributed by atoms with Crippen LogP contribution in [0.25, 0.3) is 21.2 Å². The third-order valence-electron chi connectivity index (χ3n) is 4.85. The zero-order valence-corrected chi connectivity index (χ0v) is 18.9. The summed E-state index contributed by atoms with van der Waals surface area (Å²) in [5, 5.41) is 3.53. The van der Waals surface area contributed by atoms with E-state index in [0.29, 0.717) is 0 Å². The SMILES string of the molecule is C=CCN(C)CCCCCCOc1ccc2c(-c3ccc(Br)cc3)csc2c1. The molecule has 0 radical (unpaired) electrons. The average Bonchev–Trinajstić information content (AvgIpc) is 3.11. The van der Waals surface area contributed by atoms with E-state index in [9.17, 15) is 0 Å². The maximum atomic E-state index is 5.99. The Morgan fingerprint density at radius 1 is 1.07 bits per heavy atom. The Kier molecular flexibility index (Phi) is 8.13. The summed E-state index contributed by atoms with van der Waals surface area (Å²) in [4.78, 5) is 2.31. The monoisotopic (exact) mass is 457 g/mol. The molecule has 0 atom stereocenters. The standard InChI is InChI=1S/C24H28BrNOS/c1-3-14-26(2)15-6-4-5-7-16-27-21-12-13-22-23(18-28-24(22)17-21)19-8-10-20(25)11-9-19/h3,8-13,17-18H,1,4-7,14-16H2,2H3. The zero-order chi connectivity index (χ0) is 19.8. The van der Waals surface area contributed by atoms with Crippen LogP contribution in [-0.4, -0.2) is 31.6 Å². The van der Waals surface area contributed by atoms with Gasteiger partial charge in [-0.15, -0.1) is 17.9 Å². The molecule has 0 amide bonds. The van der Waals surface area contributed by atoms with Gasteiger partial charge in [-0.1, -0.05) is 47.0 Å². The van der Waals surface area contributed by atoms with E-state index in [1.54, 1.807) is 11.3 Å². The number of hydrogen-bond donors (Lipinski definition) is 0. The molecule has 2 aromatic carbocycles. The number of nitrogens with zero attached hydrogens (tertiary/aromatic N) is 1. The summed E-state index contributed by atoms with van der Waals surface area (Å²) in [6, 6.07) is 15.0. The second-order valence-corrected chi connectivity index (χ2v) is 8.95. The molecule has 0 aliphatic carbocycles. The molecule has 0 spiro atoms. The minimum absolute atomic E-state index is 0.791. The minimum atomic E-state index is 0.791. The van der Waals surface area contributed by atoms with Crippen molar-refractivity contribution in [2.24, 2.45) is 0 Å². The Bertz CT molecular complexity index is 887. The minimum Gasteiger partial charge on any atom is -0.494 e. The molecule has 3 aromatic rings. The summed E-state index contributed by atoms with van der Waals surface area (Å²) in [5.41, 5.74) is 2.54. The van der Waals surface area contributed by atoms with Crippen LogP contribution in [0, 0.1) is 0 Å². The van der Waals surface area contributed by atoms with Crippen LogP contribution < -0.4 is 4.74 Å². The van der Waals surface area contributed by atoms with Crippen LogP contribution in [0.1, 0.15) is 25.7 Å². The van der Waals surface area contributed by atoms with Crippen molar-refractivity contribution in [1.82, 2.24) is 4.90 Å². The van der Waals surface area contributed by atoms with Crippen LogP contribution in [0.3, 0.4) is 0 Å². The van der Waals surface area contributed by atoms with Gasteiger partial charge in [0.15, 0.2) is 0 Å². The largest absolute Gasteiger partial charge is 0.494 e. The molecule has 0 saturated carbocycles. The number of rotatable bonds is 11. The molecule has 0 unspecified atom stereocenters. The lowest BCUT2D eigenvalue weighted by Crippen LogP contribution is -2.19. The first-order chi connectivity index (χ1) is 13.7. The Morgan fingerprint density at radius 3 is 2.64 bits per heavy atom. The molecule has 0 fully saturated rings. The van der Waals surface area contributed by atoms with Gasteiger partial charge in [-0.25, -0.2) is 0 Å². The highest BCUT2D eigenvalue weighted by molar-refractivity contribution is 9.10. The number of likely N-dealkylation sites (N-methyl/N-ethyl adjacent to an activating group) is 1. The molecule has 148 valence electrons. The van der Waals surface area contributed by atoms with E-state index in [1.807, 2.05) is 6.08 Å². The van der Waals surface area contributed by atoms with Gasteiger partial charge in [0.05, 0.1) is 6.61 Å². The lowest BCUT2D eigenvalue weighted by molar-refractivity contribution is 0.300. The molecule has 0 aliphatic rings. The molecule has 1 heterocycles. The highest BCUT2D eigenvalue weighted by Crippen LogP contribution is 2.36. The van der Waals surface area contributed by atoms with E-state index in [0.717, 1.165) is 36.3 Å². The van der Waals surface area contributed by atoms with Gasteiger partial charge in [-0.2, -0.15) is 0 Å². The third-order valence-corrected chi connectivity index (χ3v) is 6.32. The molecular weight excluding hydrogens is 430 g/mol. The molecule has 28 heavy (non-hydrogen) atoms. The Hall–Kier alpha value is -1.62. The second kappa shape index (κ2) is 10.8. The molecule has 0 saturated heterocycles. The summed E-state index contributed by atoms with van der Waals surface area (Å²) in [6.07, 6.45) is 6.78. The fourth-order valence-electron chi connectivity index (χ4n) is 3.29. The normalized spacial score (nSPS) is 11.2. The van der Waals surface area contributed by atoms with E-state index in [-0.39, 0.29) is 0 Å². The third kappa shape index (κ3) is 5.94. The Balaban J connectivity index is 1.46. The number of halogens is 1. The predicted molar refractivity (Wildman–Crippen MR) is 127 cm³/mol. The van der Waals surface area contributed by atoms with Gasteiger partial charge < -0.3 is 9.64 Å². The summed E-state index contributed by atoms with van der Waals surface area (Å²) in [5.74, 6) is 0.974. The highest BCUT2D eigenvalue weighted by atomic mass is 79.9. The smallest absolute Gasteiger partial charge is 0.120 e. The molecule has 0 aliphatic heterocycles. The fraction of sp³-hybridized carbons (Fsp3) is 0.333. The van der Waals surface area contributed by atoms with Crippen molar-refractivity contribution in [1.29, 1.82) is 0 Å². The van der Waals surface area contributed by atoms with Crippen molar-refractivity contribution in [3.63, 3.8) is 0 Å². The summed E-state index contributed by atoms with van der Waals surface area (Å²) in [6.45, 7) is 6.68. The van der Waals surface area contributed by atoms with Gasteiger partial charge in [0.2, 0.25) is 0 Å². The van der Waals surface area contributed by atoms with E-state index >= 15 is 0 Å². The lowest BCUT2D eigenvalue weighted by Gasteiger charge is -2.13. The fourth-order valence-corrected chi connectivity index (χ4v) is 4.55. The average molecular weight is 458 g/mol. The predicted octanol–water partition coefficient (Wildman–Crippen LogP) is 7.39. The molecular formula is C24H28BrNOS. The quantitative estimate of drug-likeness (QED) is 0.219. The van der Waals surface area contributed by atoms with E-state index in [4.69, 9.17) is 4.74 Å². The van der Waals surface area contributed by atoms with Crippen LogP contribution in [0.2, 0.25) is 0 Å². The molecule has 4 heteroatoms.